The normalized spacial score (nSPS) is 11.1. The molecule has 4 aromatic rings. The number of carbonyl (C=O) groups excluding carboxylic acids is 2. The van der Waals surface area contributed by atoms with Crippen LogP contribution in [0.5, 0.6) is 5.75 Å². The number of amides is 2. The predicted molar refractivity (Wildman–Crippen MR) is 140 cm³/mol. The van der Waals surface area contributed by atoms with Gasteiger partial charge in [0, 0.05) is 30.1 Å². The number of aromatic nitrogens is 1. The fourth-order valence-corrected chi connectivity index (χ4v) is 3.57. The summed E-state index contributed by atoms with van der Waals surface area (Å²) in [7, 11) is 0. The van der Waals surface area contributed by atoms with Crippen molar-refractivity contribution in [2.45, 2.75) is 6.92 Å². The molecule has 4 rings (SSSR count). The molecule has 8 nitrogen and oxygen atoms in total. The van der Waals surface area contributed by atoms with Crippen molar-refractivity contribution in [2.75, 3.05) is 23.8 Å². The molecule has 4 N–H and O–H groups in total. The number of anilines is 2. The highest BCUT2D eigenvalue weighted by Crippen LogP contribution is 2.19. The quantitative estimate of drug-likeness (QED) is 0.200. The highest BCUT2D eigenvalue weighted by molar-refractivity contribution is 5.93. The number of carbonyl (C=O) groups is 2. The van der Waals surface area contributed by atoms with Crippen LogP contribution in [0.1, 0.15) is 22.8 Å². The van der Waals surface area contributed by atoms with Crippen molar-refractivity contribution in [1.29, 1.82) is 0 Å². The summed E-state index contributed by atoms with van der Waals surface area (Å²) in [4.78, 5) is 27.3. The maximum absolute atomic E-state index is 11.6. The molecule has 0 unspecified atom stereocenters. The lowest BCUT2D eigenvalue weighted by Gasteiger charge is -2.13. The third kappa shape index (κ3) is 6.68. The molecular weight excluding hydrogens is 456 g/mol. The number of ether oxygens (including phenoxy) is 1. The largest absolute Gasteiger partial charge is 0.489 e. The minimum Gasteiger partial charge on any atom is -0.489 e. The predicted octanol–water partition coefficient (Wildman–Crippen LogP) is 4.89. The lowest BCUT2D eigenvalue weighted by Crippen LogP contribution is -2.18. The van der Waals surface area contributed by atoms with Gasteiger partial charge >= 0.3 is 0 Å². The summed E-state index contributed by atoms with van der Waals surface area (Å²) in [6, 6.07) is 24.0. The smallest absolute Gasteiger partial charge is 0.274 e. The van der Waals surface area contributed by atoms with Gasteiger partial charge in [0.25, 0.3) is 5.91 Å². The molecule has 182 valence electrons. The average molecular weight is 483 g/mol. The molecule has 0 aliphatic heterocycles. The Morgan fingerprint density at radius 2 is 1.72 bits per heavy atom. The number of para-hydroxylation sites is 1. The molecule has 2 amide bonds. The van der Waals surface area contributed by atoms with Crippen LogP contribution in [-0.2, 0) is 4.79 Å². The van der Waals surface area contributed by atoms with E-state index in [2.05, 4.69) is 15.6 Å². The summed E-state index contributed by atoms with van der Waals surface area (Å²) in [6.07, 6.45) is 3.78. The van der Waals surface area contributed by atoms with Crippen LogP contribution < -0.4 is 20.9 Å². The van der Waals surface area contributed by atoms with E-state index in [9.17, 15) is 9.59 Å². The average Bonchev–Trinajstić information content (AvgIpc) is 2.90. The number of fused-ring (bicyclic) bond motifs is 1. The Labute approximate surface area is 208 Å². The Balaban J connectivity index is 1.50. The highest BCUT2D eigenvalue weighted by atomic mass is 16.5. The van der Waals surface area contributed by atoms with Gasteiger partial charge in [-0.15, -0.1) is 0 Å². The summed E-state index contributed by atoms with van der Waals surface area (Å²) in [6.45, 7) is 2.28. The molecule has 0 saturated carbocycles. The first-order chi connectivity index (χ1) is 17.5. The SMILES string of the molecule is CC(=O)Nc1ccc(OC/C(=C\c2ccc(C(=O)NO)cc2)CNc2cnc3ccccc3c2)cc1. The Bertz CT molecular complexity index is 1380. The number of hydrogen-bond donors (Lipinski definition) is 4. The monoisotopic (exact) mass is 482 g/mol. The van der Waals surface area contributed by atoms with Crippen molar-refractivity contribution in [3.05, 3.63) is 102 Å². The van der Waals surface area contributed by atoms with Gasteiger partial charge in [-0.3, -0.25) is 19.8 Å². The van der Waals surface area contributed by atoms with E-state index < -0.39 is 5.91 Å². The number of rotatable bonds is 9. The second-order valence-electron chi connectivity index (χ2n) is 8.13. The van der Waals surface area contributed by atoms with Gasteiger partial charge in [-0.1, -0.05) is 36.4 Å². The molecule has 0 saturated heterocycles. The second-order valence-corrected chi connectivity index (χ2v) is 8.13. The van der Waals surface area contributed by atoms with Crippen LogP contribution in [0.2, 0.25) is 0 Å². The van der Waals surface area contributed by atoms with Gasteiger partial charge in [0.1, 0.15) is 12.4 Å². The van der Waals surface area contributed by atoms with E-state index in [-0.39, 0.29) is 5.91 Å². The van der Waals surface area contributed by atoms with Gasteiger partial charge in [-0.05, 0) is 59.7 Å². The number of hydrogen-bond acceptors (Lipinski definition) is 6. The van der Waals surface area contributed by atoms with E-state index in [0.29, 0.717) is 30.2 Å². The van der Waals surface area contributed by atoms with Crippen molar-refractivity contribution in [3.8, 4) is 5.75 Å². The Morgan fingerprint density at radius 3 is 2.44 bits per heavy atom. The van der Waals surface area contributed by atoms with Gasteiger partial charge in [-0.2, -0.15) is 0 Å². The van der Waals surface area contributed by atoms with Gasteiger partial charge in [-0.25, -0.2) is 5.48 Å². The number of nitrogens with zero attached hydrogens (tertiary/aromatic N) is 1. The van der Waals surface area contributed by atoms with Crippen molar-refractivity contribution in [3.63, 3.8) is 0 Å². The van der Waals surface area contributed by atoms with Crippen LogP contribution in [0.3, 0.4) is 0 Å². The second kappa shape index (κ2) is 11.6. The summed E-state index contributed by atoms with van der Waals surface area (Å²) in [5.41, 5.74) is 6.32. The molecule has 0 atom stereocenters. The summed E-state index contributed by atoms with van der Waals surface area (Å²) >= 11 is 0. The lowest BCUT2D eigenvalue weighted by atomic mass is 10.1. The molecule has 1 heterocycles. The molecular formula is C28H26N4O4. The standard InChI is InChI=1S/C28H26N4O4/c1-19(33)31-24-10-12-26(13-11-24)36-18-21(14-20-6-8-22(9-7-20)28(34)32-35)16-29-25-15-23-4-2-3-5-27(23)30-17-25/h2-15,17,29,35H,16,18H2,1H3,(H,31,33)(H,32,34)/b21-14-. The number of pyridine rings is 1. The van der Waals surface area contributed by atoms with Crippen LogP contribution in [-0.4, -0.2) is 35.2 Å². The molecule has 0 spiro atoms. The Kier molecular flexibility index (Phi) is 7.90. The fourth-order valence-electron chi connectivity index (χ4n) is 3.57. The van der Waals surface area contributed by atoms with Crippen LogP contribution >= 0.6 is 0 Å². The van der Waals surface area contributed by atoms with E-state index in [1.807, 2.05) is 36.4 Å². The molecule has 1 aromatic heterocycles. The molecule has 0 aliphatic carbocycles. The first-order valence-corrected chi connectivity index (χ1v) is 11.3. The van der Waals surface area contributed by atoms with E-state index in [4.69, 9.17) is 9.94 Å². The molecule has 0 radical (unpaired) electrons. The number of nitrogens with one attached hydrogen (secondary N) is 3. The van der Waals surface area contributed by atoms with Gasteiger partial charge < -0.3 is 15.4 Å². The van der Waals surface area contributed by atoms with Crippen LogP contribution in [0, 0.1) is 0 Å². The zero-order valence-corrected chi connectivity index (χ0v) is 19.7. The first kappa shape index (κ1) is 24.4. The maximum atomic E-state index is 11.6. The topological polar surface area (TPSA) is 113 Å². The van der Waals surface area contributed by atoms with E-state index >= 15 is 0 Å². The van der Waals surface area contributed by atoms with Crippen LogP contribution in [0.25, 0.3) is 17.0 Å². The molecule has 0 bridgehead atoms. The minimum atomic E-state index is -0.567. The minimum absolute atomic E-state index is 0.134. The molecule has 36 heavy (non-hydrogen) atoms. The number of hydroxylamine groups is 1. The molecule has 0 aliphatic rings. The van der Waals surface area contributed by atoms with Gasteiger partial charge in [0.2, 0.25) is 5.91 Å². The summed E-state index contributed by atoms with van der Waals surface area (Å²) in [5.74, 6) is -0.0368. The Morgan fingerprint density at radius 1 is 0.972 bits per heavy atom. The molecule has 8 heteroatoms. The van der Waals surface area contributed by atoms with Crippen molar-refractivity contribution in [1.82, 2.24) is 10.5 Å². The zero-order chi connectivity index (χ0) is 25.3. The lowest BCUT2D eigenvalue weighted by molar-refractivity contribution is -0.114. The zero-order valence-electron chi connectivity index (χ0n) is 19.7. The molecule has 3 aromatic carbocycles. The summed E-state index contributed by atoms with van der Waals surface area (Å²) in [5, 5.41) is 16.0. The van der Waals surface area contributed by atoms with Crippen molar-refractivity contribution >= 4 is 40.2 Å². The molecule has 0 fully saturated rings. The number of benzene rings is 3. The fraction of sp³-hybridized carbons (Fsp3) is 0.107. The highest BCUT2D eigenvalue weighted by Gasteiger charge is 2.06. The van der Waals surface area contributed by atoms with Crippen LogP contribution in [0.4, 0.5) is 11.4 Å². The van der Waals surface area contributed by atoms with Crippen molar-refractivity contribution < 1.29 is 19.5 Å². The van der Waals surface area contributed by atoms with E-state index in [0.717, 1.165) is 27.7 Å². The van der Waals surface area contributed by atoms with Crippen molar-refractivity contribution in [2.24, 2.45) is 0 Å². The van der Waals surface area contributed by atoms with E-state index in [1.54, 1.807) is 60.2 Å². The first-order valence-electron chi connectivity index (χ1n) is 11.3. The van der Waals surface area contributed by atoms with E-state index in [1.165, 1.54) is 6.92 Å². The van der Waals surface area contributed by atoms with Gasteiger partial charge in [0.15, 0.2) is 0 Å². The maximum Gasteiger partial charge on any atom is 0.274 e. The van der Waals surface area contributed by atoms with Gasteiger partial charge in [0.05, 0.1) is 17.4 Å². The van der Waals surface area contributed by atoms with Crippen LogP contribution in [0.15, 0.2) is 90.6 Å². The third-order valence-electron chi connectivity index (χ3n) is 5.35. The summed E-state index contributed by atoms with van der Waals surface area (Å²) < 4.78 is 6.00. The third-order valence-corrected chi connectivity index (χ3v) is 5.35. The Hall–Kier alpha value is -4.69.